The van der Waals surface area contributed by atoms with Gasteiger partial charge in [-0.25, -0.2) is 0 Å². The zero-order valence-corrected chi connectivity index (χ0v) is 36.1. The number of benzene rings is 5. The molecule has 2 aromatic heterocycles. The van der Waals surface area contributed by atoms with Gasteiger partial charge in [0.25, 0.3) is 11.8 Å². The van der Waals surface area contributed by atoms with Crippen LogP contribution in [-0.4, -0.2) is 49.1 Å². The highest BCUT2D eigenvalue weighted by Gasteiger charge is 2.30. The van der Waals surface area contributed by atoms with Crippen LogP contribution in [-0.2, 0) is 45.2 Å². The van der Waals surface area contributed by atoms with Gasteiger partial charge in [-0.1, -0.05) is 116 Å². The number of fused-ring (bicyclic) bond motifs is 4. The fourth-order valence-corrected chi connectivity index (χ4v) is 9.07. The van der Waals surface area contributed by atoms with Gasteiger partial charge in [0, 0.05) is 62.7 Å². The molecular weight excluding hydrogens is 829 g/mol. The third-order valence-corrected chi connectivity index (χ3v) is 12.1. The Hall–Kier alpha value is -8.48. The van der Waals surface area contributed by atoms with Crippen LogP contribution in [0, 0.1) is 22.7 Å². The molecule has 66 heavy (non-hydrogen) atoms. The summed E-state index contributed by atoms with van der Waals surface area (Å²) in [5, 5.41) is 40.0. The lowest BCUT2D eigenvalue weighted by molar-refractivity contribution is -0.138. The molecule has 0 spiro atoms. The van der Waals surface area contributed by atoms with E-state index >= 15 is 0 Å². The van der Waals surface area contributed by atoms with Gasteiger partial charge in [0.05, 0.1) is 6.54 Å². The van der Waals surface area contributed by atoms with E-state index in [1.807, 2.05) is 121 Å². The molecule has 3 heterocycles. The summed E-state index contributed by atoms with van der Waals surface area (Å²) in [6, 6.07) is 44.3. The van der Waals surface area contributed by atoms with Crippen LogP contribution in [0.4, 0.5) is 11.4 Å². The highest BCUT2D eigenvalue weighted by molar-refractivity contribution is 6.13. The van der Waals surface area contributed by atoms with Crippen molar-refractivity contribution in [2.24, 2.45) is 0 Å². The number of nitriles is 2. The van der Waals surface area contributed by atoms with Gasteiger partial charge in [-0.3, -0.25) is 19.2 Å². The van der Waals surface area contributed by atoms with Crippen LogP contribution in [0.25, 0.3) is 34.0 Å². The summed E-state index contributed by atoms with van der Waals surface area (Å²) in [5.41, 5.74) is 7.60. The molecule has 2 aliphatic rings. The van der Waals surface area contributed by atoms with E-state index in [1.165, 1.54) is 0 Å². The first kappa shape index (κ1) is 44.1. The number of aromatic nitrogens is 2. The average molecular weight is 875 g/mol. The molecule has 5 aromatic carbocycles. The summed E-state index contributed by atoms with van der Waals surface area (Å²) >= 11 is 0. The molecule has 9 rings (SSSR count). The van der Waals surface area contributed by atoms with Gasteiger partial charge < -0.3 is 29.1 Å². The Bertz CT molecular complexity index is 3120. The molecule has 1 aliphatic heterocycles. The van der Waals surface area contributed by atoms with Gasteiger partial charge in [0.2, 0.25) is 0 Å². The van der Waals surface area contributed by atoms with Crippen molar-refractivity contribution < 1.29 is 29.4 Å². The summed E-state index contributed by atoms with van der Waals surface area (Å²) in [6.45, 7) is -0.0330. The van der Waals surface area contributed by atoms with E-state index in [1.54, 1.807) is 43.5 Å². The zero-order chi connectivity index (χ0) is 46.2. The number of rotatable bonds is 10. The minimum Gasteiger partial charge on any atom is -0.480 e. The number of aliphatic carboxylic acids is 2. The van der Waals surface area contributed by atoms with Crippen LogP contribution < -0.4 is 9.80 Å². The maximum Gasteiger partial charge on any atom is 0.323 e. The van der Waals surface area contributed by atoms with Crippen LogP contribution in [0.15, 0.2) is 151 Å². The van der Waals surface area contributed by atoms with Gasteiger partial charge in [0.1, 0.15) is 36.4 Å². The number of nitrogens with zero attached hydrogens (tertiary/aromatic N) is 6. The van der Waals surface area contributed by atoms with Crippen molar-refractivity contribution in [3.63, 3.8) is 0 Å². The Kier molecular flexibility index (Phi) is 13.3. The van der Waals surface area contributed by atoms with Crippen molar-refractivity contribution in [1.29, 1.82) is 10.5 Å². The molecule has 0 radical (unpaired) electrons. The lowest BCUT2D eigenvalue weighted by Gasteiger charge is -2.34. The molecule has 2 N–H and O–H groups in total. The summed E-state index contributed by atoms with van der Waals surface area (Å²) in [6.07, 6.45) is 12.3. The van der Waals surface area contributed by atoms with E-state index in [4.69, 9.17) is 0 Å². The second kappa shape index (κ2) is 19.9. The summed E-state index contributed by atoms with van der Waals surface area (Å²) < 4.78 is 3.24. The second-order valence-corrected chi connectivity index (χ2v) is 16.4. The minimum atomic E-state index is -0.965. The molecular formula is C54H46N6O6. The normalized spacial score (nSPS) is 13.9. The van der Waals surface area contributed by atoms with Crippen molar-refractivity contribution in [3.8, 4) is 12.1 Å². The smallest absolute Gasteiger partial charge is 0.323 e. The van der Waals surface area contributed by atoms with Crippen LogP contribution in [0.1, 0.15) is 59.9 Å². The number of carboxylic acid groups (broad SMARTS) is 2. The Morgan fingerprint density at radius 1 is 0.606 bits per heavy atom. The monoisotopic (exact) mass is 874 g/mol. The van der Waals surface area contributed by atoms with Gasteiger partial charge in [-0.2, -0.15) is 10.5 Å². The van der Waals surface area contributed by atoms with Crippen LogP contribution in [0.3, 0.4) is 0 Å². The number of hydrogen-bond donors (Lipinski definition) is 2. The molecule has 1 aliphatic carbocycles. The third kappa shape index (κ3) is 9.54. The van der Waals surface area contributed by atoms with Crippen molar-refractivity contribution in [1.82, 2.24) is 9.13 Å². The van der Waals surface area contributed by atoms with E-state index in [-0.39, 0.29) is 42.1 Å². The molecule has 0 atom stereocenters. The first-order chi connectivity index (χ1) is 32.1. The third-order valence-electron chi connectivity index (χ3n) is 12.1. The minimum absolute atomic E-state index is 0.00703. The maximum absolute atomic E-state index is 13.7. The topological polar surface area (TPSA) is 173 Å². The van der Waals surface area contributed by atoms with Crippen molar-refractivity contribution in [2.75, 3.05) is 9.80 Å². The van der Waals surface area contributed by atoms with E-state index < -0.39 is 11.9 Å². The quantitative estimate of drug-likeness (QED) is 0.101. The maximum atomic E-state index is 13.7. The van der Waals surface area contributed by atoms with Crippen LogP contribution >= 0.6 is 0 Å². The Morgan fingerprint density at radius 2 is 1.11 bits per heavy atom. The summed E-state index contributed by atoms with van der Waals surface area (Å²) in [7, 11) is 0. The predicted octanol–water partition coefficient (Wildman–Crippen LogP) is 9.77. The molecule has 7 aromatic rings. The summed E-state index contributed by atoms with van der Waals surface area (Å²) in [5.74, 6) is -2.62. The standard InChI is InChI=1S/C28H21N3O3.C26H25N3O3/c29-15-22(14-23-16-30(18-27(32)33)26-12-6-4-10-24(23)26)28(34)31-17-21-9-2-1-7-19(21)13-20-8-3-5-11-25(20)31;27-16-19(15-20-17-28(18-25(30)31)24-14-8-7-13-23(20)24)26(32)29(21-9-3-1-4-10-21)22-11-5-2-6-12-22/h1-12,14,16H,13,17-18H2,(H,32,33);1,3-4,7-10,13-15,17,22H,2,5-6,11-12,18H2,(H,30,31). The number of carbonyl (C=O) groups excluding carboxylic acids is 2. The zero-order valence-electron chi connectivity index (χ0n) is 36.1. The van der Waals surface area contributed by atoms with Gasteiger partial charge >= 0.3 is 11.9 Å². The number of carboxylic acids is 2. The highest BCUT2D eigenvalue weighted by atomic mass is 16.4. The van der Waals surface area contributed by atoms with Crippen LogP contribution in [0.2, 0.25) is 0 Å². The van der Waals surface area contributed by atoms with E-state index in [0.29, 0.717) is 24.1 Å². The van der Waals surface area contributed by atoms with Crippen molar-refractivity contribution in [2.45, 2.75) is 64.2 Å². The second-order valence-electron chi connectivity index (χ2n) is 16.4. The van der Waals surface area contributed by atoms with Crippen molar-refractivity contribution >= 4 is 69.1 Å². The van der Waals surface area contributed by atoms with Gasteiger partial charge in [0.15, 0.2) is 0 Å². The highest BCUT2D eigenvalue weighted by Crippen LogP contribution is 2.33. The van der Waals surface area contributed by atoms with Gasteiger partial charge in [-0.15, -0.1) is 0 Å². The Morgan fingerprint density at radius 3 is 1.68 bits per heavy atom. The number of amides is 2. The molecule has 2 amide bonds. The van der Waals surface area contributed by atoms with Crippen molar-refractivity contribution in [3.05, 3.63) is 179 Å². The Balaban J connectivity index is 0.000000180. The van der Waals surface area contributed by atoms with Gasteiger partial charge in [-0.05, 0) is 78.4 Å². The Labute approximate surface area is 381 Å². The first-order valence-electron chi connectivity index (χ1n) is 21.8. The SMILES string of the molecule is N#CC(=Cc1cn(CC(=O)O)c2ccccc12)C(=O)N(c1ccccc1)C1CCCCC1.N#CC(=Cc1cn(CC(=O)O)c2ccccc12)C(=O)N1Cc2ccccc2Cc2ccccc21. The fourth-order valence-electron chi connectivity index (χ4n) is 9.07. The summed E-state index contributed by atoms with van der Waals surface area (Å²) in [4.78, 5) is 53.4. The van der Waals surface area contributed by atoms with E-state index in [9.17, 15) is 39.9 Å². The number of anilines is 2. The van der Waals surface area contributed by atoms with E-state index in [0.717, 1.165) is 82.0 Å². The lowest BCUT2D eigenvalue weighted by atomic mass is 9.93. The number of carbonyl (C=O) groups is 4. The molecule has 0 saturated heterocycles. The molecule has 328 valence electrons. The fraction of sp³-hybridized carbons (Fsp3) is 0.185. The molecule has 0 bridgehead atoms. The largest absolute Gasteiger partial charge is 0.480 e. The van der Waals surface area contributed by atoms with E-state index in [2.05, 4.69) is 18.2 Å². The number of para-hydroxylation sites is 4. The number of hydrogen-bond acceptors (Lipinski definition) is 6. The lowest BCUT2D eigenvalue weighted by Crippen LogP contribution is -2.42. The predicted molar refractivity (Wildman–Crippen MR) is 254 cm³/mol. The molecule has 12 heteroatoms. The molecule has 1 fully saturated rings. The molecule has 12 nitrogen and oxygen atoms in total. The average Bonchev–Trinajstić information content (AvgIpc) is 3.79. The molecule has 1 saturated carbocycles. The first-order valence-corrected chi connectivity index (χ1v) is 21.8. The molecule has 0 unspecified atom stereocenters. The van der Waals surface area contributed by atoms with Crippen LogP contribution in [0.5, 0.6) is 0 Å².